The van der Waals surface area contributed by atoms with Crippen molar-refractivity contribution < 1.29 is 27.0 Å². The van der Waals surface area contributed by atoms with Crippen molar-refractivity contribution in [1.29, 1.82) is 0 Å². The van der Waals surface area contributed by atoms with Gasteiger partial charge in [-0.1, -0.05) is 34.8 Å². The van der Waals surface area contributed by atoms with Crippen LogP contribution in [0.15, 0.2) is 24.5 Å². The normalized spacial score (nSPS) is 8.62. The molecule has 0 aliphatic carbocycles. The molecular weight excluding hydrogens is 355 g/mol. The fraction of sp³-hybridized carbons (Fsp3) is 0.167. The summed E-state index contributed by atoms with van der Waals surface area (Å²) >= 11 is 17.3. The molecule has 1 aromatic rings. The first-order chi connectivity index (χ1) is 9.18. The Kier molecular flexibility index (Phi) is 11.8. The van der Waals surface area contributed by atoms with Gasteiger partial charge in [0.2, 0.25) is 5.76 Å². The largest absolute Gasteiger partial charge is 2.00 e. The number of hydrogen-bond donors (Lipinski definition) is 1. The summed E-state index contributed by atoms with van der Waals surface area (Å²) in [7, 11) is 1.22. The number of methoxy groups -OCH3 is 1. The predicted molar refractivity (Wildman–Crippen MR) is 84.5 cm³/mol. The number of hydrogen-bond acceptors (Lipinski definition) is 4. The molecule has 0 bridgehead atoms. The quantitative estimate of drug-likeness (QED) is 0.290. The number of carbonyl (C=O) groups excluding carboxylic acids is 1. The van der Waals surface area contributed by atoms with Gasteiger partial charge < -0.3 is 17.4 Å². The first-order valence-corrected chi connectivity index (χ1v) is 6.11. The molecule has 0 radical (unpaired) electrons. The number of ether oxygens (including phenoxy) is 2. The zero-order chi connectivity index (χ0) is 15.9. The Bertz CT molecular complexity index is 540. The molecule has 5 nitrogen and oxygen atoms in total. The van der Waals surface area contributed by atoms with E-state index in [0.29, 0.717) is 5.02 Å². The standard InChI is InChI=1S/C10H7Cl3O3.C2H4O2.Mg.2H/c1-5(10(14)15-2)16-9-4-7(12)6(11)3-8(9)13;1-2(3)4;;;/h3-4H,1H2,2H3;1H3,(H,3,4);;;/q;;+2;2*-1. The maximum absolute atomic E-state index is 11.0. The van der Waals surface area contributed by atoms with Gasteiger partial charge in [0.1, 0.15) is 5.75 Å². The molecule has 1 N–H and O–H groups in total. The van der Waals surface area contributed by atoms with Gasteiger partial charge in [-0.05, 0) is 12.6 Å². The first-order valence-electron chi connectivity index (χ1n) is 4.98. The minimum atomic E-state index is -0.833. The van der Waals surface area contributed by atoms with E-state index in [4.69, 9.17) is 49.4 Å². The molecule has 0 amide bonds. The first kappa shape index (κ1) is 22.6. The molecule has 1 rings (SSSR count). The van der Waals surface area contributed by atoms with E-state index in [-0.39, 0.29) is 47.5 Å². The molecular formula is C12H13Cl3MgO5. The molecule has 0 atom stereocenters. The van der Waals surface area contributed by atoms with Crippen molar-refractivity contribution in [3.05, 3.63) is 39.5 Å². The van der Waals surface area contributed by atoms with E-state index < -0.39 is 11.9 Å². The number of aliphatic carboxylic acids is 1. The summed E-state index contributed by atoms with van der Waals surface area (Å²) in [5.74, 6) is -1.53. The predicted octanol–water partition coefficient (Wildman–Crippen LogP) is 3.65. The van der Waals surface area contributed by atoms with Crippen LogP contribution in [0, 0.1) is 0 Å². The van der Waals surface area contributed by atoms with Gasteiger partial charge >= 0.3 is 29.0 Å². The Morgan fingerprint density at radius 1 is 1.19 bits per heavy atom. The molecule has 9 heteroatoms. The van der Waals surface area contributed by atoms with Gasteiger partial charge in [-0.25, -0.2) is 4.79 Å². The number of carbonyl (C=O) groups is 2. The van der Waals surface area contributed by atoms with Crippen LogP contribution in [0.25, 0.3) is 0 Å². The fourth-order valence-electron chi connectivity index (χ4n) is 0.871. The van der Waals surface area contributed by atoms with E-state index in [2.05, 4.69) is 11.3 Å². The minimum Gasteiger partial charge on any atom is -1.00 e. The smallest absolute Gasteiger partial charge is 1.00 e. The molecule has 0 heterocycles. The molecule has 114 valence electrons. The van der Waals surface area contributed by atoms with Crippen molar-refractivity contribution in [1.82, 2.24) is 0 Å². The van der Waals surface area contributed by atoms with Gasteiger partial charge in [0.15, 0.2) is 0 Å². The Morgan fingerprint density at radius 2 is 1.62 bits per heavy atom. The third-order valence-electron chi connectivity index (χ3n) is 1.62. The van der Waals surface area contributed by atoms with Crippen molar-refractivity contribution in [3.8, 4) is 5.75 Å². The molecule has 0 aliphatic heterocycles. The van der Waals surface area contributed by atoms with E-state index in [0.717, 1.165) is 6.92 Å². The van der Waals surface area contributed by atoms with Crippen molar-refractivity contribution >= 4 is 69.8 Å². The Labute approximate surface area is 155 Å². The summed E-state index contributed by atoms with van der Waals surface area (Å²) in [6.45, 7) is 4.47. The van der Waals surface area contributed by atoms with E-state index >= 15 is 0 Å². The summed E-state index contributed by atoms with van der Waals surface area (Å²) in [5, 5.41) is 8.20. The second-order valence-electron chi connectivity index (χ2n) is 3.23. The molecule has 0 aromatic heterocycles. The molecule has 0 aliphatic rings. The minimum absolute atomic E-state index is 0. The van der Waals surface area contributed by atoms with Crippen molar-refractivity contribution in [3.63, 3.8) is 0 Å². The van der Waals surface area contributed by atoms with Crippen LogP contribution in [0.1, 0.15) is 9.78 Å². The van der Waals surface area contributed by atoms with Crippen LogP contribution in [-0.2, 0) is 14.3 Å². The summed E-state index contributed by atoms with van der Waals surface area (Å²) in [6.07, 6.45) is 0. The number of esters is 1. The summed E-state index contributed by atoms with van der Waals surface area (Å²) in [4.78, 5) is 20.0. The Balaban J connectivity index is -0.000000232. The van der Waals surface area contributed by atoms with Crippen LogP contribution in [0.4, 0.5) is 0 Å². The van der Waals surface area contributed by atoms with Gasteiger partial charge in [-0.2, -0.15) is 0 Å². The van der Waals surface area contributed by atoms with Crippen LogP contribution in [0.5, 0.6) is 5.75 Å². The number of rotatable bonds is 3. The van der Waals surface area contributed by atoms with E-state index in [9.17, 15) is 4.79 Å². The monoisotopic (exact) mass is 366 g/mol. The molecule has 0 saturated heterocycles. The van der Waals surface area contributed by atoms with E-state index in [1.165, 1.54) is 19.2 Å². The van der Waals surface area contributed by atoms with Crippen molar-refractivity contribution in [2.75, 3.05) is 7.11 Å². The average Bonchev–Trinajstić information content (AvgIpc) is 2.34. The Morgan fingerprint density at radius 3 is 2.05 bits per heavy atom. The van der Waals surface area contributed by atoms with Crippen molar-refractivity contribution in [2.45, 2.75) is 6.92 Å². The number of benzene rings is 1. The second-order valence-corrected chi connectivity index (χ2v) is 4.45. The maximum atomic E-state index is 11.0. The molecule has 21 heavy (non-hydrogen) atoms. The topological polar surface area (TPSA) is 72.8 Å². The summed E-state index contributed by atoms with van der Waals surface area (Å²) < 4.78 is 9.50. The van der Waals surface area contributed by atoms with Gasteiger partial charge in [-0.15, -0.1) is 0 Å². The zero-order valence-electron chi connectivity index (χ0n) is 13.3. The fourth-order valence-corrected chi connectivity index (χ4v) is 1.45. The molecule has 0 unspecified atom stereocenters. The zero-order valence-corrected chi connectivity index (χ0v) is 15.0. The van der Waals surface area contributed by atoms with Crippen LogP contribution in [0.2, 0.25) is 15.1 Å². The van der Waals surface area contributed by atoms with Crippen molar-refractivity contribution in [2.24, 2.45) is 0 Å². The molecule has 1 aromatic carbocycles. The maximum Gasteiger partial charge on any atom is 2.00 e. The van der Waals surface area contributed by atoms with E-state index in [1.807, 2.05) is 0 Å². The van der Waals surface area contributed by atoms with E-state index in [1.54, 1.807) is 0 Å². The summed E-state index contributed by atoms with van der Waals surface area (Å²) in [6, 6.07) is 2.80. The molecule has 0 saturated carbocycles. The third-order valence-corrected chi connectivity index (χ3v) is 2.64. The van der Waals surface area contributed by atoms with Gasteiger partial charge in [0.05, 0.1) is 22.2 Å². The SMILES string of the molecule is C=C(Oc1cc(Cl)c(Cl)cc1Cl)C(=O)OC.CC(=O)O.[H-].[H-].[Mg+2]. The average molecular weight is 368 g/mol. The van der Waals surface area contributed by atoms with Crippen LogP contribution >= 0.6 is 34.8 Å². The van der Waals surface area contributed by atoms with Gasteiger partial charge in [0.25, 0.3) is 5.97 Å². The van der Waals surface area contributed by atoms with Gasteiger partial charge in [-0.3, -0.25) is 4.79 Å². The van der Waals surface area contributed by atoms with Crippen LogP contribution in [0.3, 0.4) is 0 Å². The number of carboxylic acid groups (broad SMARTS) is 1. The number of halogens is 3. The third kappa shape index (κ3) is 9.05. The molecule has 0 spiro atoms. The second kappa shape index (κ2) is 11.0. The van der Waals surface area contributed by atoms with Crippen LogP contribution < -0.4 is 4.74 Å². The van der Waals surface area contributed by atoms with Gasteiger partial charge in [0, 0.05) is 13.0 Å². The number of carboxylic acids is 1. The summed E-state index contributed by atoms with van der Waals surface area (Å²) in [5.41, 5.74) is 0. The van der Waals surface area contributed by atoms with Crippen LogP contribution in [-0.4, -0.2) is 47.2 Å². The molecule has 0 fully saturated rings. The Hall–Kier alpha value is -0.664.